The molecule has 0 saturated heterocycles. The first-order chi connectivity index (χ1) is 8.54. The molecule has 1 aromatic carbocycles. The van der Waals surface area contributed by atoms with E-state index in [0.29, 0.717) is 10.3 Å². The van der Waals surface area contributed by atoms with Gasteiger partial charge in [0.1, 0.15) is 5.82 Å². The van der Waals surface area contributed by atoms with Crippen molar-refractivity contribution in [3.63, 3.8) is 0 Å². The smallest absolute Gasteiger partial charge is 0.229 e. The second-order valence-electron chi connectivity index (χ2n) is 4.02. The van der Waals surface area contributed by atoms with E-state index in [4.69, 9.17) is 23.2 Å². The van der Waals surface area contributed by atoms with Gasteiger partial charge in [-0.3, -0.25) is 4.57 Å². The van der Waals surface area contributed by atoms with E-state index < -0.39 is 0 Å². The molecule has 6 heteroatoms. The highest BCUT2D eigenvalue weighted by Crippen LogP contribution is 2.30. The van der Waals surface area contributed by atoms with Crippen LogP contribution in [0.4, 0.5) is 0 Å². The van der Waals surface area contributed by atoms with Crippen molar-refractivity contribution in [1.29, 1.82) is 0 Å². The summed E-state index contributed by atoms with van der Waals surface area (Å²) in [6.07, 6.45) is 1.80. The second-order valence-corrected chi connectivity index (χ2v) is 5.62. The van der Waals surface area contributed by atoms with Crippen molar-refractivity contribution < 1.29 is 0 Å². The van der Waals surface area contributed by atoms with E-state index in [0.717, 1.165) is 34.4 Å². The Kier molecular flexibility index (Phi) is 4.30. The average Bonchev–Trinajstić information content (AvgIpc) is 2.66. The van der Waals surface area contributed by atoms with Crippen LogP contribution in [0, 0.1) is 6.92 Å². The molecule has 0 amide bonds. The zero-order chi connectivity index (χ0) is 13.3. The maximum atomic E-state index is 6.17. The molecule has 0 fully saturated rings. The summed E-state index contributed by atoms with van der Waals surface area (Å²) in [4.78, 5) is 0. The van der Waals surface area contributed by atoms with Crippen molar-refractivity contribution in [1.82, 2.24) is 14.8 Å². The lowest BCUT2D eigenvalue weighted by molar-refractivity contribution is 0.801. The van der Waals surface area contributed by atoms with E-state index in [9.17, 15) is 0 Å². The Labute approximate surface area is 124 Å². The summed E-state index contributed by atoms with van der Waals surface area (Å²) in [6, 6.07) is 3.83. The van der Waals surface area contributed by atoms with Crippen LogP contribution in [-0.2, 0) is 6.42 Å². The molecule has 3 nitrogen and oxygen atoms in total. The molecular weight excluding hydrogens is 337 g/mol. The van der Waals surface area contributed by atoms with E-state index in [1.165, 1.54) is 0 Å². The van der Waals surface area contributed by atoms with E-state index >= 15 is 0 Å². The summed E-state index contributed by atoms with van der Waals surface area (Å²) in [5.41, 5.74) is 1.87. The van der Waals surface area contributed by atoms with Crippen LogP contribution in [0.1, 0.15) is 24.7 Å². The van der Waals surface area contributed by atoms with Crippen LogP contribution in [-0.4, -0.2) is 14.8 Å². The molecule has 0 unspecified atom stereocenters. The first-order valence-corrected chi connectivity index (χ1v) is 7.15. The molecule has 0 aliphatic heterocycles. The maximum Gasteiger partial charge on any atom is 0.229 e. The largest absolute Gasteiger partial charge is 0.269 e. The van der Waals surface area contributed by atoms with Crippen LogP contribution in [0.15, 0.2) is 16.6 Å². The number of aryl methyl sites for hydroxylation is 2. The van der Waals surface area contributed by atoms with Crippen molar-refractivity contribution in [2.45, 2.75) is 26.7 Å². The van der Waals surface area contributed by atoms with Crippen molar-refractivity contribution in [2.24, 2.45) is 0 Å². The Balaban J connectivity index is 2.61. The van der Waals surface area contributed by atoms with Gasteiger partial charge >= 0.3 is 0 Å². The molecule has 96 valence electrons. The number of rotatable bonds is 3. The van der Waals surface area contributed by atoms with Gasteiger partial charge in [-0.25, -0.2) is 0 Å². The molecule has 0 spiro atoms. The summed E-state index contributed by atoms with van der Waals surface area (Å²) in [6.45, 7) is 4.04. The van der Waals surface area contributed by atoms with Crippen LogP contribution in [0.5, 0.6) is 0 Å². The highest BCUT2D eigenvalue weighted by Gasteiger charge is 2.15. The zero-order valence-electron chi connectivity index (χ0n) is 10.0. The van der Waals surface area contributed by atoms with Crippen molar-refractivity contribution in [2.75, 3.05) is 0 Å². The summed E-state index contributed by atoms with van der Waals surface area (Å²) in [5, 5.41) is 9.05. The van der Waals surface area contributed by atoms with Crippen LogP contribution >= 0.6 is 39.1 Å². The Bertz CT molecular complexity index is 581. The fraction of sp³-hybridized carbons (Fsp3) is 0.333. The molecule has 2 rings (SSSR count). The summed E-state index contributed by atoms with van der Waals surface area (Å²) in [7, 11) is 0. The van der Waals surface area contributed by atoms with E-state index in [1.54, 1.807) is 0 Å². The first-order valence-electron chi connectivity index (χ1n) is 5.60. The van der Waals surface area contributed by atoms with Crippen LogP contribution in [0.2, 0.25) is 10.3 Å². The number of halogens is 3. The van der Waals surface area contributed by atoms with Gasteiger partial charge in [0.05, 0.1) is 5.69 Å². The molecule has 2 aromatic rings. The SMILES string of the molecule is CCCc1nnc(Cl)n1-c1cc(Cl)c(C)cc1Br. The van der Waals surface area contributed by atoms with Crippen molar-refractivity contribution in [3.8, 4) is 5.69 Å². The molecule has 0 radical (unpaired) electrons. The molecule has 18 heavy (non-hydrogen) atoms. The van der Waals surface area contributed by atoms with Gasteiger partial charge in [-0.05, 0) is 58.6 Å². The average molecular weight is 349 g/mol. The first kappa shape index (κ1) is 13.8. The zero-order valence-corrected chi connectivity index (χ0v) is 13.1. The Hall–Kier alpha value is -0.580. The summed E-state index contributed by atoms with van der Waals surface area (Å²) in [5.74, 6) is 0.836. The number of benzene rings is 1. The highest BCUT2D eigenvalue weighted by atomic mass is 79.9. The molecular formula is C12H12BrCl2N3. The second kappa shape index (κ2) is 5.59. The third-order valence-electron chi connectivity index (χ3n) is 2.63. The molecule has 1 aromatic heterocycles. The maximum absolute atomic E-state index is 6.17. The summed E-state index contributed by atoms with van der Waals surface area (Å²) >= 11 is 15.8. The van der Waals surface area contributed by atoms with Crippen LogP contribution < -0.4 is 0 Å². The third-order valence-corrected chi connectivity index (χ3v) is 3.92. The van der Waals surface area contributed by atoms with Crippen LogP contribution in [0.3, 0.4) is 0 Å². The third kappa shape index (κ3) is 2.56. The molecule has 0 aliphatic rings. The summed E-state index contributed by atoms with van der Waals surface area (Å²) < 4.78 is 2.74. The lowest BCUT2D eigenvalue weighted by atomic mass is 10.2. The molecule has 1 heterocycles. The highest BCUT2D eigenvalue weighted by molar-refractivity contribution is 9.10. The van der Waals surface area contributed by atoms with E-state index in [1.807, 2.05) is 23.6 Å². The number of hydrogen-bond donors (Lipinski definition) is 0. The van der Waals surface area contributed by atoms with Gasteiger partial charge in [0.2, 0.25) is 5.28 Å². The lowest BCUT2D eigenvalue weighted by Crippen LogP contribution is -2.02. The molecule has 0 atom stereocenters. The Morgan fingerprint density at radius 3 is 2.67 bits per heavy atom. The van der Waals surface area contributed by atoms with Crippen LogP contribution in [0.25, 0.3) is 5.69 Å². The minimum absolute atomic E-state index is 0.346. The lowest BCUT2D eigenvalue weighted by Gasteiger charge is -2.11. The van der Waals surface area contributed by atoms with Gasteiger partial charge in [-0.1, -0.05) is 18.5 Å². The Morgan fingerprint density at radius 2 is 2.00 bits per heavy atom. The quantitative estimate of drug-likeness (QED) is 0.811. The van der Waals surface area contributed by atoms with E-state index in [-0.39, 0.29) is 0 Å². The Morgan fingerprint density at radius 1 is 1.28 bits per heavy atom. The topological polar surface area (TPSA) is 30.7 Å². The minimum Gasteiger partial charge on any atom is -0.269 e. The predicted octanol–water partition coefficient (Wildman–Crippen LogP) is 4.60. The van der Waals surface area contributed by atoms with Gasteiger partial charge in [-0.15, -0.1) is 10.2 Å². The predicted molar refractivity (Wildman–Crippen MR) is 77.8 cm³/mol. The molecule has 0 saturated carbocycles. The number of hydrogen-bond acceptors (Lipinski definition) is 2. The number of aromatic nitrogens is 3. The number of nitrogens with zero attached hydrogens (tertiary/aromatic N) is 3. The molecule has 0 N–H and O–H groups in total. The van der Waals surface area contributed by atoms with Gasteiger partial charge in [-0.2, -0.15) is 0 Å². The van der Waals surface area contributed by atoms with Gasteiger partial charge < -0.3 is 0 Å². The normalized spacial score (nSPS) is 10.9. The van der Waals surface area contributed by atoms with E-state index in [2.05, 4.69) is 33.1 Å². The van der Waals surface area contributed by atoms with Crippen molar-refractivity contribution >= 4 is 39.1 Å². The van der Waals surface area contributed by atoms with Gasteiger partial charge in [0.25, 0.3) is 0 Å². The molecule has 0 aliphatic carbocycles. The van der Waals surface area contributed by atoms with Gasteiger partial charge in [0, 0.05) is 15.9 Å². The standard InChI is InChI=1S/C12H12BrCl2N3/c1-3-4-11-16-17-12(15)18(11)10-6-9(14)7(2)5-8(10)13/h5-6H,3-4H2,1-2H3. The van der Waals surface area contributed by atoms with Gasteiger partial charge in [0.15, 0.2) is 0 Å². The minimum atomic E-state index is 0.346. The fourth-order valence-electron chi connectivity index (χ4n) is 1.73. The molecule has 0 bridgehead atoms. The van der Waals surface area contributed by atoms with Crippen molar-refractivity contribution in [3.05, 3.63) is 38.3 Å². The fourth-order valence-corrected chi connectivity index (χ4v) is 2.75. The monoisotopic (exact) mass is 347 g/mol.